The van der Waals surface area contributed by atoms with Crippen LogP contribution in [-0.2, 0) is 17.6 Å². The lowest BCUT2D eigenvalue weighted by molar-refractivity contribution is -0.119. The molecule has 5 nitrogen and oxygen atoms in total. The molecule has 0 bridgehead atoms. The van der Waals surface area contributed by atoms with Crippen LogP contribution in [0.5, 0.6) is 0 Å². The van der Waals surface area contributed by atoms with Gasteiger partial charge in [-0.05, 0) is 56.7 Å². The molecule has 0 aromatic carbocycles. The molecule has 0 radical (unpaired) electrons. The maximum atomic E-state index is 12.5. The zero-order chi connectivity index (χ0) is 16.2. The van der Waals surface area contributed by atoms with Crippen LogP contribution in [0.2, 0.25) is 0 Å². The first kappa shape index (κ1) is 16.5. The largest absolute Gasteiger partial charge is 0.369 e. The fourth-order valence-electron chi connectivity index (χ4n) is 3.57. The Hall–Kier alpha value is -1.40. The van der Waals surface area contributed by atoms with Crippen LogP contribution in [0.25, 0.3) is 0 Å². The number of hydrogen-bond donors (Lipinski definition) is 2. The number of nitrogens with two attached hydrogens (primary N) is 1. The molecule has 2 amide bonds. The Morgan fingerprint density at radius 2 is 2.09 bits per heavy atom. The van der Waals surface area contributed by atoms with Crippen LogP contribution in [0, 0.1) is 0 Å². The number of rotatable bonds is 4. The average Bonchev–Trinajstić information content (AvgIpc) is 2.78. The summed E-state index contributed by atoms with van der Waals surface area (Å²) >= 11 is 1.66. The molecule has 1 aromatic rings. The Labute approximate surface area is 141 Å². The molecule has 1 aliphatic heterocycles. The van der Waals surface area contributed by atoms with E-state index >= 15 is 0 Å². The van der Waals surface area contributed by atoms with E-state index in [2.05, 4.69) is 11.4 Å². The van der Waals surface area contributed by atoms with Gasteiger partial charge in [-0.15, -0.1) is 11.3 Å². The maximum absolute atomic E-state index is 12.5. The zero-order valence-corrected chi connectivity index (χ0v) is 14.3. The van der Waals surface area contributed by atoms with E-state index in [4.69, 9.17) is 5.73 Å². The van der Waals surface area contributed by atoms with Gasteiger partial charge in [-0.2, -0.15) is 0 Å². The zero-order valence-electron chi connectivity index (χ0n) is 13.5. The Kier molecular flexibility index (Phi) is 5.33. The van der Waals surface area contributed by atoms with Crippen molar-refractivity contribution >= 4 is 23.2 Å². The van der Waals surface area contributed by atoms with E-state index in [9.17, 15) is 9.59 Å². The maximum Gasteiger partial charge on any atom is 0.261 e. The number of hydrogen-bond acceptors (Lipinski definition) is 4. The molecule has 1 saturated heterocycles. The molecule has 1 atom stereocenters. The fourth-order valence-corrected chi connectivity index (χ4v) is 4.73. The molecule has 6 heteroatoms. The monoisotopic (exact) mass is 335 g/mol. The number of carbonyl (C=O) groups is 2. The summed E-state index contributed by atoms with van der Waals surface area (Å²) in [6.07, 6.45) is 7.93. The summed E-state index contributed by atoms with van der Waals surface area (Å²) in [5, 5.41) is 3.14. The second kappa shape index (κ2) is 7.45. The van der Waals surface area contributed by atoms with Crippen LogP contribution >= 0.6 is 11.3 Å². The third-order valence-corrected chi connectivity index (χ3v) is 5.93. The van der Waals surface area contributed by atoms with Crippen LogP contribution in [0.4, 0.5) is 0 Å². The first-order valence-electron chi connectivity index (χ1n) is 8.55. The third kappa shape index (κ3) is 4.32. The highest BCUT2D eigenvalue weighted by Gasteiger charge is 2.24. The molecule has 2 heterocycles. The number of thiophene rings is 1. The number of amides is 2. The fraction of sp³-hybridized carbons (Fsp3) is 0.647. The van der Waals surface area contributed by atoms with Gasteiger partial charge in [0.05, 0.1) is 11.4 Å². The van der Waals surface area contributed by atoms with Gasteiger partial charge in [0.1, 0.15) is 0 Å². The van der Waals surface area contributed by atoms with Gasteiger partial charge >= 0.3 is 0 Å². The SMILES string of the molecule is NC(=O)CN1CCC[C@H](NC(=O)c2cc3c(s2)CCCCC3)C1. The Morgan fingerprint density at radius 1 is 1.26 bits per heavy atom. The van der Waals surface area contributed by atoms with Crippen molar-refractivity contribution in [1.82, 2.24) is 10.2 Å². The van der Waals surface area contributed by atoms with E-state index in [0.717, 1.165) is 37.1 Å². The molecule has 3 N–H and O–H groups in total. The van der Waals surface area contributed by atoms with E-state index in [0.29, 0.717) is 6.54 Å². The highest BCUT2D eigenvalue weighted by atomic mass is 32.1. The van der Waals surface area contributed by atoms with Gasteiger partial charge in [0.15, 0.2) is 0 Å². The molecule has 1 aromatic heterocycles. The molecule has 2 aliphatic rings. The number of piperidine rings is 1. The number of nitrogens with zero attached hydrogens (tertiary/aromatic N) is 1. The van der Waals surface area contributed by atoms with E-state index in [-0.39, 0.29) is 24.4 Å². The van der Waals surface area contributed by atoms with Crippen molar-refractivity contribution in [3.8, 4) is 0 Å². The number of nitrogens with one attached hydrogen (secondary N) is 1. The lowest BCUT2D eigenvalue weighted by Crippen LogP contribution is -2.49. The molecule has 1 fully saturated rings. The van der Waals surface area contributed by atoms with E-state index in [1.807, 2.05) is 4.90 Å². The first-order valence-corrected chi connectivity index (χ1v) is 9.36. The number of carbonyl (C=O) groups excluding carboxylic acids is 2. The molecule has 126 valence electrons. The van der Waals surface area contributed by atoms with Crippen molar-refractivity contribution in [2.75, 3.05) is 19.6 Å². The summed E-state index contributed by atoms with van der Waals surface area (Å²) in [5.74, 6) is -0.270. The Bertz CT molecular complexity index is 561. The topological polar surface area (TPSA) is 75.4 Å². The lowest BCUT2D eigenvalue weighted by Gasteiger charge is -2.32. The molecular weight excluding hydrogens is 310 g/mol. The van der Waals surface area contributed by atoms with Crippen molar-refractivity contribution in [2.24, 2.45) is 5.73 Å². The second-order valence-electron chi connectivity index (χ2n) is 6.63. The van der Waals surface area contributed by atoms with E-state index in [1.54, 1.807) is 11.3 Å². The summed E-state index contributed by atoms with van der Waals surface area (Å²) in [6.45, 7) is 1.86. The smallest absolute Gasteiger partial charge is 0.261 e. The quantitative estimate of drug-likeness (QED) is 0.822. The minimum atomic E-state index is -0.307. The van der Waals surface area contributed by atoms with Gasteiger partial charge in [-0.3, -0.25) is 14.5 Å². The number of likely N-dealkylation sites (tertiary alicyclic amines) is 1. The van der Waals surface area contributed by atoms with Crippen LogP contribution < -0.4 is 11.1 Å². The predicted octanol–water partition coefficient (Wildman–Crippen LogP) is 1.70. The number of fused-ring (bicyclic) bond motifs is 1. The highest BCUT2D eigenvalue weighted by molar-refractivity contribution is 7.14. The minimum Gasteiger partial charge on any atom is -0.369 e. The molecular formula is C17H25N3O2S. The molecule has 0 spiro atoms. The molecule has 1 aliphatic carbocycles. The van der Waals surface area contributed by atoms with E-state index in [1.165, 1.54) is 29.7 Å². The summed E-state index contributed by atoms with van der Waals surface area (Å²) in [5.41, 5.74) is 6.64. The summed E-state index contributed by atoms with van der Waals surface area (Å²) in [7, 11) is 0. The van der Waals surface area contributed by atoms with Gasteiger partial charge in [-0.1, -0.05) is 6.42 Å². The summed E-state index contributed by atoms with van der Waals surface area (Å²) in [6, 6.07) is 2.20. The molecule has 0 saturated carbocycles. The predicted molar refractivity (Wildman–Crippen MR) is 91.7 cm³/mol. The van der Waals surface area contributed by atoms with Gasteiger partial charge in [0.2, 0.25) is 5.91 Å². The first-order chi connectivity index (χ1) is 11.1. The lowest BCUT2D eigenvalue weighted by atomic mass is 10.1. The molecule has 0 unspecified atom stereocenters. The van der Waals surface area contributed by atoms with Crippen LogP contribution in [0.3, 0.4) is 0 Å². The van der Waals surface area contributed by atoms with Gasteiger partial charge in [0, 0.05) is 17.5 Å². The van der Waals surface area contributed by atoms with Crippen molar-refractivity contribution in [2.45, 2.75) is 51.0 Å². The van der Waals surface area contributed by atoms with E-state index < -0.39 is 0 Å². The summed E-state index contributed by atoms with van der Waals surface area (Å²) in [4.78, 5) is 27.8. The van der Waals surface area contributed by atoms with Gasteiger partial charge < -0.3 is 11.1 Å². The van der Waals surface area contributed by atoms with Crippen molar-refractivity contribution in [1.29, 1.82) is 0 Å². The summed E-state index contributed by atoms with van der Waals surface area (Å²) < 4.78 is 0. The minimum absolute atomic E-state index is 0.0361. The normalized spacial score (nSPS) is 22.2. The van der Waals surface area contributed by atoms with Crippen molar-refractivity contribution in [3.05, 3.63) is 21.4 Å². The highest BCUT2D eigenvalue weighted by Crippen LogP contribution is 2.29. The van der Waals surface area contributed by atoms with Crippen LogP contribution in [0.15, 0.2) is 6.07 Å². The van der Waals surface area contributed by atoms with Crippen molar-refractivity contribution in [3.63, 3.8) is 0 Å². The van der Waals surface area contributed by atoms with Crippen LogP contribution in [0.1, 0.15) is 52.2 Å². The average molecular weight is 335 g/mol. The molecule has 23 heavy (non-hydrogen) atoms. The Balaban J connectivity index is 1.59. The number of primary amides is 1. The number of aryl methyl sites for hydroxylation is 2. The van der Waals surface area contributed by atoms with Crippen molar-refractivity contribution < 1.29 is 9.59 Å². The second-order valence-corrected chi connectivity index (χ2v) is 7.77. The third-order valence-electron chi connectivity index (χ3n) is 4.69. The Morgan fingerprint density at radius 3 is 2.91 bits per heavy atom. The molecule has 3 rings (SSSR count). The van der Waals surface area contributed by atoms with Crippen LogP contribution in [-0.4, -0.2) is 42.4 Å². The van der Waals surface area contributed by atoms with Gasteiger partial charge in [0.25, 0.3) is 5.91 Å². The standard InChI is InChI=1S/C17H25N3O2S/c18-16(21)11-20-8-4-6-13(10-20)19-17(22)15-9-12-5-2-1-3-7-14(12)23-15/h9,13H,1-8,10-11H2,(H2,18,21)(H,19,22)/t13-/m0/s1. The van der Waals surface area contributed by atoms with Gasteiger partial charge in [-0.25, -0.2) is 0 Å².